The van der Waals surface area contributed by atoms with Gasteiger partial charge in [-0.3, -0.25) is 14.9 Å². The van der Waals surface area contributed by atoms with Crippen LogP contribution in [0, 0.1) is 15.9 Å². The number of carbonyl (C=O) groups is 1. The molecule has 3 heterocycles. The quantitative estimate of drug-likeness (QED) is 0.440. The summed E-state index contributed by atoms with van der Waals surface area (Å²) in [5.74, 6) is 1.28. The van der Waals surface area contributed by atoms with E-state index >= 15 is 0 Å². The normalized spacial score (nSPS) is 13.8. The lowest BCUT2D eigenvalue weighted by molar-refractivity contribution is -0.385. The van der Waals surface area contributed by atoms with Crippen molar-refractivity contribution in [1.29, 1.82) is 0 Å². The number of aromatic nitrogens is 1. The van der Waals surface area contributed by atoms with Crippen molar-refractivity contribution >= 4 is 17.4 Å². The van der Waals surface area contributed by atoms with E-state index < -0.39 is 4.92 Å². The fourth-order valence-corrected chi connectivity index (χ4v) is 3.22. The lowest BCUT2D eigenvalue weighted by Crippen LogP contribution is -2.49. The molecule has 1 aliphatic rings. The van der Waals surface area contributed by atoms with Gasteiger partial charge in [0.1, 0.15) is 35.9 Å². The highest BCUT2D eigenvalue weighted by atomic mass is 19.1. The van der Waals surface area contributed by atoms with E-state index in [1.165, 1.54) is 36.5 Å². The minimum absolute atomic E-state index is 0.0606. The highest BCUT2D eigenvalue weighted by molar-refractivity contribution is 5.91. The lowest BCUT2D eigenvalue weighted by atomic mass is 10.2. The van der Waals surface area contributed by atoms with Crippen LogP contribution in [0.25, 0.3) is 0 Å². The molecule has 0 spiro atoms. The number of benzene rings is 1. The van der Waals surface area contributed by atoms with Crippen LogP contribution in [0.15, 0.2) is 59.1 Å². The fourth-order valence-electron chi connectivity index (χ4n) is 3.22. The highest BCUT2D eigenvalue weighted by Crippen LogP contribution is 2.20. The van der Waals surface area contributed by atoms with Crippen LogP contribution in [-0.2, 0) is 6.61 Å². The Morgan fingerprint density at radius 2 is 1.84 bits per heavy atom. The maximum Gasteiger partial charge on any atom is 0.289 e. The third-order valence-electron chi connectivity index (χ3n) is 4.90. The number of nitrogens with zero attached hydrogens (tertiary/aromatic N) is 4. The summed E-state index contributed by atoms with van der Waals surface area (Å²) in [6.07, 6.45) is 1.23. The fraction of sp³-hybridized carbons (Fsp3) is 0.238. The first-order chi connectivity index (χ1) is 15.0. The number of halogens is 1. The molecule has 0 radical (unpaired) electrons. The Balaban J connectivity index is 1.30. The molecule has 0 saturated carbocycles. The van der Waals surface area contributed by atoms with Crippen LogP contribution in [0.1, 0.15) is 16.3 Å². The molecule has 0 N–H and O–H groups in total. The summed E-state index contributed by atoms with van der Waals surface area (Å²) >= 11 is 0. The molecule has 0 unspecified atom stereocenters. The van der Waals surface area contributed by atoms with Crippen LogP contribution in [0.2, 0.25) is 0 Å². The second-order valence-electron chi connectivity index (χ2n) is 6.92. The monoisotopic (exact) mass is 426 g/mol. The molecule has 160 valence electrons. The Kier molecular flexibility index (Phi) is 5.78. The standard InChI is InChI=1S/C21H19FN4O5/c22-15-1-4-17(5-2-15)30-14-18-6-7-19(31-18)21(27)25-11-9-24(10-12-25)20-8-3-16(13-23-20)26(28)29/h1-8,13H,9-12,14H2. The van der Waals surface area contributed by atoms with E-state index in [4.69, 9.17) is 9.15 Å². The lowest BCUT2D eigenvalue weighted by Gasteiger charge is -2.34. The maximum atomic E-state index is 12.9. The third-order valence-corrected chi connectivity index (χ3v) is 4.90. The van der Waals surface area contributed by atoms with E-state index in [9.17, 15) is 19.3 Å². The smallest absolute Gasteiger partial charge is 0.289 e. The van der Waals surface area contributed by atoms with Gasteiger partial charge in [0.2, 0.25) is 0 Å². The largest absolute Gasteiger partial charge is 0.486 e. The molecule has 9 nitrogen and oxygen atoms in total. The van der Waals surface area contributed by atoms with E-state index in [2.05, 4.69) is 4.98 Å². The van der Waals surface area contributed by atoms with Crippen LogP contribution < -0.4 is 9.64 Å². The van der Waals surface area contributed by atoms with Gasteiger partial charge in [-0.1, -0.05) is 0 Å². The Bertz CT molecular complexity index is 1060. The first-order valence-corrected chi connectivity index (χ1v) is 9.61. The summed E-state index contributed by atoms with van der Waals surface area (Å²) in [4.78, 5) is 30.8. The molecule has 1 fully saturated rings. The average molecular weight is 426 g/mol. The van der Waals surface area contributed by atoms with E-state index in [1.807, 2.05) is 4.90 Å². The number of pyridine rings is 1. The zero-order valence-corrected chi connectivity index (χ0v) is 16.4. The zero-order valence-electron chi connectivity index (χ0n) is 16.4. The minimum Gasteiger partial charge on any atom is -0.486 e. The predicted molar refractivity (Wildman–Crippen MR) is 108 cm³/mol. The Labute approximate surface area is 176 Å². The molecule has 31 heavy (non-hydrogen) atoms. The van der Waals surface area contributed by atoms with Gasteiger partial charge in [-0.15, -0.1) is 0 Å². The number of amides is 1. The highest BCUT2D eigenvalue weighted by Gasteiger charge is 2.25. The summed E-state index contributed by atoms with van der Waals surface area (Å²) in [6, 6.07) is 11.9. The van der Waals surface area contributed by atoms with Gasteiger partial charge in [0.25, 0.3) is 11.6 Å². The number of hydrogen-bond acceptors (Lipinski definition) is 7. The molecular formula is C21H19FN4O5. The second-order valence-corrected chi connectivity index (χ2v) is 6.92. The molecule has 1 aliphatic heterocycles. The predicted octanol–water partition coefficient (Wildman–Crippen LogP) is 3.26. The number of anilines is 1. The molecular weight excluding hydrogens is 407 g/mol. The number of furan rings is 1. The van der Waals surface area contributed by atoms with Crippen LogP contribution in [0.4, 0.5) is 15.9 Å². The van der Waals surface area contributed by atoms with E-state index in [0.29, 0.717) is 43.5 Å². The van der Waals surface area contributed by atoms with E-state index in [-0.39, 0.29) is 29.8 Å². The molecule has 1 saturated heterocycles. The Morgan fingerprint density at radius 1 is 1.10 bits per heavy atom. The zero-order chi connectivity index (χ0) is 21.8. The summed E-state index contributed by atoms with van der Waals surface area (Å²) in [6.45, 7) is 2.17. The van der Waals surface area contributed by atoms with Gasteiger partial charge in [0.05, 0.1) is 4.92 Å². The van der Waals surface area contributed by atoms with Gasteiger partial charge in [0, 0.05) is 32.2 Å². The molecule has 10 heteroatoms. The molecule has 1 amide bonds. The Morgan fingerprint density at radius 3 is 2.48 bits per heavy atom. The number of carbonyl (C=O) groups excluding carboxylic acids is 1. The van der Waals surface area contributed by atoms with Crippen molar-refractivity contribution < 1.29 is 23.3 Å². The number of nitro groups is 1. The second kappa shape index (κ2) is 8.82. The van der Waals surface area contributed by atoms with E-state index in [1.54, 1.807) is 23.1 Å². The first kappa shape index (κ1) is 20.3. The number of ether oxygens (including phenoxy) is 1. The van der Waals surface area contributed by atoms with Crippen LogP contribution in [0.5, 0.6) is 5.75 Å². The van der Waals surface area contributed by atoms with Gasteiger partial charge in [-0.2, -0.15) is 0 Å². The van der Waals surface area contributed by atoms with Crippen molar-refractivity contribution in [2.24, 2.45) is 0 Å². The van der Waals surface area contributed by atoms with Crippen molar-refractivity contribution in [3.8, 4) is 5.75 Å². The molecule has 0 atom stereocenters. The number of rotatable bonds is 6. The van der Waals surface area contributed by atoms with Crippen LogP contribution in [-0.4, -0.2) is 46.9 Å². The average Bonchev–Trinajstić information content (AvgIpc) is 3.27. The van der Waals surface area contributed by atoms with Crippen molar-refractivity contribution in [3.63, 3.8) is 0 Å². The maximum absolute atomic E-state index is 12.9. The molecule has 4 rings (SSSR count). The van der Waals surface area contributed by atoms with Gasteiger partial charge < -0.3 is 19.0 Å². The molecule has 1 aromatic carbocycles. The molecule has 2 aromatic heterocycles. The van der Waals surface area contributed by atoms with Crippen molar-refractivity contribution in [2.45, 2.75) is 6.61 Å². The third kappa shape index (κ3) is 4.80. The molecule has 0 bridgehead atoms. The Hall–Kier alpha value is -3.95. The van der Waals surface area contributed by atoms with E-state index in [0.717, 1.165) is 0 Å². The minimum atomic E-state index is -0.490. The topological polar surface area (TPSA) is 102 Å². The number of hydrogen-bond donors (Lipinski definition) is 0. The van der Waals surface area contributed by atoms with Crippen molar-refractivity contribution in [2.75, 3.05) is 31.1 Å². The van der Waals surface area contributed by atoms with Crippen molar-refractivity contribution in [1.82, 2.24) is 9.88 Å². The SMILES string of the molecule is O=C(c1ccc(COc2ccc(F)cc2)o1)N1CCN(c2ccc([N+](=O)[O-])cn2)CC1. The number of piperazine rings is 1. The van der Waals surface area contributed by atoms with Gasteiger partial charge >= 0.3 is 0 Å². The van der Waals surface area contributed by atoms with Gasteiger partial charge in [0.15, 0.2) is 5.76 Å². The summed E-state index contributed by atoms with van der Waals surface area (Å²) < 4.78 is 24.1. The molecule has 3 aromatic rings. The van der Waals surface area contributed by atoms with Crippen LogP contribution >= 0.6 is 0 Å². The van der Waals surface area contributed by atoms with Crippen molar-refractivity contribution in [3.05, 3.63) is 82.2 Å². The van der Waals surface area contributed by atoms with Crippen LogP contribution in [0.3, 0.4) is 0 Å². The molecule has 0 aliphatic carbocycles. The summed E-state index contributed by atoms with van der Waals surface area (Å²) in [7, 11) is 0. The first-order valence-electron chi connectivity index (χ1n) is 9.61. The van der Waals surface area contributed by atoms with Gasteiger partial charge in [-0.05, 0) is 42.5 Å². The summed E-state index contributed by atoms with van der Waals surface area (Å²) in [5, 5.41) is 10.7. The van der Waals surface area contributed by atoms with Gasteiger partial charge in [-0.25, -0.2) is 9.37 Å². The summed E-state index contributed by atoms with van der Waals surface area (Å²) in [5.41, 5.74) is -0.0606.